The first-order valence-corrected chi connectivity index (χ1v) is 12.6. The fourth-order valence-electron chi connectivity index (χ4n) is 4.79. The highest BCUT2D eigenvalue weighted by Crippen LogP contribution is 2.35. The van der Waals surface area contributed by atoms with Crippen LogP contribution in [0.3, 0.4) is 0 Å². The summed E-state index contributed by atoms with van der Waals surface area (Å²) >= 11 is 0. The maximum Gasteiger partial charge on any atom is 0.217 e. The molecular weight excluding hydrogens is 504 g/mol. The number of imidazole rings is 1. The number of benzene rings is 2. The molecule has 40 heavy (non-hydrogen) atoms. The van der Waals surface area contributed by atoms with Crippen LogP contribution in [0.2, 0.25) is 0 Å². The molecule has 6 rings (SSSR count). The van der Waals surface area contributed by atoms with Gasteiger partial charge in [-0.15, -0.1) is 6.42 Å². The predicted octanol–water partition coefficient (Wildman–Crippen LogP) is 4.37. The molecule has 0 aliphatic heterocycles. The number of terminal acetylenes is 1. The van der Waals surface area contributed by atoms with Crippen molar-refractivity contribution in [2.24, 2.45) is 0 Å². The number of amides is 1. The quantitative estimate of drug-likeness (QED) is 0.232. The molecule has 9 nitrogen and oxygen atoms in total. The Bertz CT molecular complexity index is 1790. The van der Waals surface area contributed by atoms with E-state index in [1.807, 2.05) is 28.8 Å². The monoisotopic (exact) mass is 530 g/mol. The standard InChI is InChI=1S/C24H20N6O.C7H6O2/c1-3-16-7-11-21-24(28-16)30(23(29-21)19-5-4-12-26-22(19)25)17-8-9-18-15(13-17)6-10-20(18)27-14(2)31;8-5-6-3-1-2-4-7(6)9/h1,4-5,7-9,11-13,20H,6,10H2,2H3,(H2,25,26)(H,27,31);1-5,9H. The number of nitrogens with two attached hydrogens (primary N) is 1. The van der Waals surface area contributed by atoms with Gasteiger partial charge in [-0.2, -0.15) is 0 Å². The van der Waals surface area contributed by atoms with Crippen LogP contribution in [-0.4, -0.2) is 36.8 Å². The smallest absolute Gasteiger partial charge is 0.217 e. The number of hydrogen-bond acceptors (Lipinski definition) is 7. The minimum Gasteiger partial charge on any atom is -0.507 e. The minimum absolute atomic E-state index is 0.0251. The van der Waals surface area contributed by atoms with E-state index in [1.165, 1.54) is 11.6 Å². The number of hydrogen-bond donors (Lipinski definition) is 3. The zero-order valence-corrected chi connectivity index (χ0v) is 21.7. The maximum absolute atomic E-state index is 11.5. The number of carbonyl (C=O) groups excluding carboxylic acids is 2. The van der Waals surface area contributed by atoms with Crippen LogP contribution < -0.4 is 11.1 Å². The Balaban J connectivity index is 0.000000306. The molecule has 1 unspecified atom stereocenters. The molecule has 1 aliphatic carbocycles. The highest BCUT2D eigenvalue weighted by molar-refractivity contribution is 5.83. The van der Waals surface area contributed by atoms with Crippen molar-refractivity contribution in [2.45, 2.75) is 25.8 Å². The van der Waals surface area contributed by atoms with E-state index in [4.69, 9.17) is 22.2 Å². The fraction of sp³-hybridized carbons (Fsp3) is 0.129. The number of aryl methyl sites for hydroxylation is 1. The summed E-state index contributed by atoms with van der Waals surface area (Å²) in [6.45, 7) is 1.54. The molecule has 0 radical (unpaired) electrons. The lowest BCUT2D eigenvalue weighted by Crippen LogP contribution is -2.24. The minimum atomic E-state index is -0.0251. The van der Waals surface area contributed by atoms with Gasteiger partial charge in [-0.05, 0) is 72.5 Å². The predicted molar refractivity (Wildman–Crippen MR) is 153 cm³/mol. The number of phenolic OH excluding ortho intramolecular Hbond substituents is 1. The summed E-state index contributed by atoms with van der Waals surface area (Å²) in [4.78, 5) is 35.3. The second kappa shape index (κ2) is 11.1. The zero-order valence-electron chi connectivity index (χ0n) is 21.7. The number of aromatic hydroxyl groups is 1. The number of nitrogens with zero attached hydrogens (tertiary/aromatic N) is 4. The number of nitrogens with one attached hydrogen (secondary N) is 1. The van der Waals surface area contributed by atoms with Crippen LogP contribution in [0.15, 0.2) is 72.9 Å². The fourth-order valence-corrected chi connectivity index (χ4v) is 4.79. The number of phenols is 1. The summed E-state index contributed by atoms with van der Waals surface area (Å²) in [6, 6.07) is 20.0. The largest absolute Gasteiger partial charge is 0.507 e. The number of carbonyl (C=O) groups is 2. The number of rotatable bonds is 4. The van der Waals surface area contributed by atoms with Gasteiger partial charge in [0, 0.05) is 18.8 Å². The number of nitrogen functional groups attached to an aromatic ring is 1. The van der Waals surface area contributed by atoms with Crippen molar-refractivity contribution in [3.8, 4) is 35.2 Å². The van der Waals surface area contributed by atoms with Gasteiger partial charge in [0.2, 0.25) is 5.91 Å². The number of fused-ring (bicyclic) bond motifs is 2. The molecule has 0 saturated heterocycles. The first-order valence-electron chi connectivity index (χ1n) is 12.6. The Hall–Kier alpha value is -5.49. The van der Waals surface area contributed by atoms with Gasteiger partial charge in [0.1, 0.15) is 22.8 Å². The van der Waals surface area contributed by atoms with Crippen molar-refractivity contribution in [1.82, 2.24) is 24.8 Å². The summed E-state index contributed by atoms with van der Waals surface area (Å²) in [7, 11) is 0. The van der Waals surface area contributed by atoms with Crippen molar-refractivity contribution in [3.63, 3.8) is 0 Å². The summed E-state index contributed by atoms with van der Waals surface area (Å²) in [5.41, 5.74) is 12.4. The number of aromatic nitrogens is 4. The van der Waals surface area contributed by atoms with Crippen molar-refractivity contribution in [1.29, 1.82) is 0 Å². The second-order valence-electron chi connectivity index (χ2n) is 9.24. The van der Waals surface area contributed by atoms with Crippen molar-refractivity contribution in [2.75, 3.05) is 5.73 Å². The van der Waals surface area contributed by atoms with Crippen LogP contribution in [0, 0.1) is 12.3 Å². The van der Waals surface area contributed by atoms with Crippen molar-refractivity contribution < 1.29 is 14.7 Å². The van der Waals surface area contributed by atoms with E-state index in [0.29, 0.717) is 40.3 Å². The molecule has 0 bridgehead atoms. The molecule has 1 atom stereocenters. The van der Waals surface area contributed by atoms with Crippen LogP contribution in [0.5, 0.6) is 5.75 Å². The third kappa shape index (κ3) is 5.11. The molecule has 3 aromatic heterocycles. The van der Waals surface area contributed by atoms with Gasteiger partial charge in [-0.1, -0.05) is 24.1 Å². The van der Waals surface area contributed by atoms with Crippen LogP contribution in [0.1, 0.15) is 46.6 Å². The Morgan fingerprint density at radius 1 is 1.15 bits per heavy atom. The average molecular weight is 531 g/mol. The van der Waals surface area contributed by atoms with Gasteiger partial charge in [0.15, 0.2) is 17.8 Å². The van der Waals surface area contributed by atoms with Gasteiger partial charge in [-0.25, -0.2) is 15.0 Å². The van der Waals surface area contributed by atoms with E-state index in [1.54, 1.807) is 37.4 Å². The SMILES string of the molecule is C#Cc1ccc2nc(-c3cccnc3N)n(-c3ccc4c(c3)CCC4NC(C)=O)c2n1.O=Cc1ccccc1O. The van der Waals surface area contributed by atoms with Gasteiger partial charge in [-0.3, -0.25) is 14.2 Å². The Morgan fingerprint density at radius 3 is 2.67 bits per heavy atom. The molecule has 1 aliphatic rings. The zero-order chi connectivity index (χ0) is 28.2. The summed E-state index contributed by atoms with van der Waals surface area (Å²) < 4.78 is 1.97. The lowest BCUT2D eigenvalue weighted by Gasteiger charge is -2.14. The highest BCUT2D eigenvalue weighted by Gasteiger charge is 2.25. The topological polar surface area (TPSA) is 136 Å². The van der Waals surface area contributed by atoms with Crippen molar-refractivity contribution >= 4 is 29.2 Å². The molecule has 3 heterocycles. The van der Waals surface area contributed by atoms with Gasteiger partial charge in [0.25, 0.3) is 0 Å². The van der Waals surface area contributed by atoms with Crippen LogP contribution in [0.25, 0.3) is 28.2 Å². The van der Waals surface area contributed by atoms with Crippen LogP contribution in [-0.2, 0) is 11.2 Å². The molecule has 0 spiro atoms. The molecule has 2 aromatic carbocycles. The van der Waals surface area contributed by atoms with Gasteiger partial charge in [0.05, 0.1) is 17.2 Å². The van der Waals surface area contributed by atoms with E-state index < -0.39 is 0 Å². The lowest BCUT2D eigenvalue weighted by molar-refractivity contribution is -0.119. The lowest BCUT2D eigenvalue weighted by atomic mass is 10.1. The molecule has 0 fully saturated rings. The van der Waals surface area contributed by atoms with Crippen molar-refractivity contribution in [3.05, 3.63) is 95.3 Å². The Kier molecular flexibility index (Phi) is 7.25. The Morgan fingerprint density at radius 2 is 1.98 bits per heavy atom. The van der Waals surface area contributed by atoms with E-state index >= 15 is 0 Å². The molecule has 0 saturated carbocycles. The van der Waals surface area contributed by atoms with Crippen LogP contribution >= 0.6 is 0 Å². The maximum atomic E-state index is 11.5. The first-order chi connectivity index (χ1) is 19.4. The number of pyridine rings is 2. The van der Waals surface area contributed by atoms with E-state index in [9.17, 15) is 9.59 Å². The molecule has 4 N–H and O–H groups in total. The third-order valence-corrected chi connectivity index (χ3v) is 6.64. The number of aldehydes is 1. The molecule has 9 heteroatoms. The second-order valence-corrected chi connectivity index (χ2v) is 9.24. The Labute approximate surface area is 230 Å². The highest BCUT2D eigenvalue weighted by atomic mass is 16.3. The number of anilines is 1. The summed E-state index contributed by atoms with van der Waals surface area (Å²) in [5.74, 6) is 3.65. The average Bonchev–Trinajstić information content (AvgIpc) is 3.54. The van der Waals surface area contributed by atoms with E-state index in [2.05, 4.69) is 33.3 Å². The number of para-hydroxylation sites is 1. The molecule has 5 aromatic rings. The molecular formula is C31H26N6O3. The van der Waals surface area contributed by atoms with E-state index in [0.717, 1.165) is 29.7 Å². The van der Waals surface area contributed by atoms with Crippen LogP contribution in [0.4, 0.5) is 5.82 Å². The van der Waals surface area contributed by atoms with E-state index in [-0.39, 0.29) is 17.7 Å². The summed E-state index contributed by atoms with van der Waals surface area (Å²) in [5, 5.41) is 11.9. The third-order valence-electron chi connectivity index (χ3n) is 6.64. The van der Waals surface area contributed by atoms with Gasteiger partial charge < -0.3 is 16.2 Å². The first kappa shape index (κ1) is 26.1. The van der Waals surface area contributed by atoms with Gasteiger partial charge >= 0.3 is 0 Å². The molecule has 198 valence electrons. The summed E-state index contributed by atoms with van der Waals surface area (Å²) in [6.07, 6.45) is 9.63. The molecule has 1 amide bonds. The normalized spacial score (nSPS) is 13.6.